The van der Waals surface area contributed by atoms with Crippen LogP contribution in [0, 0.1) is 5.92 Å². The Balaban J connectivity index is 1.80. The van der Waals surface area contributed by atoms with Gasteiger partial charge in [0.05, 0.1) is 25.3 Å². The number of nitrogens with zero attached hydrogens (tertiary/aromatic N) is 1. The highest BCUT2D eigenvalue weighted by Gasteiger charge is 2.64. The molecule has 4 rings (SSSR count). The molecule has 0 aromatic heterocycles. The molecular formula is C32H44ClN3O9. The van der Waals surface area contributed by atoms with E-state index in [9.17, 15) is 19.5 Å². The highest BCUT2D eigenvalue weighted by Crippen LogP contribution is 2.49. The van der Waals surface area contributed by atoms with Gasteiger partial charge in [-0.05, 0) is 51.9 Å². The van der Waals surface area contributed by atoms with E-state index >= 15 is 0 Å². The molecule has 0 radical (unpaired) electrons. The van der Waals surface area contributed by atoms with E-state index in [1.165, 1.54) is 19.1 Å². The van der Waals surface area contributed by atoms with E-state index < -0.39 is 59.8 Å². The van der Waals surface area contributed by atoms with E-state index in [4.69, 9.17) is 35.3 Å². The maximum Gasteiger partial charge on any atom is 0.409 e. The summed E-state index contributed by atoms with van der Waals surface area (Å²) in [5.74, 6) is -0.974. The summed E-state index contributed by atoms with van der Waals surface area (Å²) in [6.07, 6.45) is 1.52. The number of carbonyl (C=O) groups is 3. The van der Waals surface area contributed by atoms with Crippen LogP contribution < -0.4 is 20.3 Å². The van der Waals surface area contributed by atoms with E-state index in [0.29, 0.717) is 17.9 Å². The minimum Gasteiger partial charge on any atom is -0.495 e. The van der Waals surface area contributed by atoms with Crippen molar-refractivity contribution < 1.29 is 43.2 Å². The van der Waals surface area contributed by atoms with Crippen LogP contribution in [0.25, 0.3) is 0 Å². The van der Waals surface area contributed by atoms with Gasteiger partial charge in [-0.2, -0.15) is 0 Å². The lowest BCUT2D eigenvalue weighted by molar-refractivity contribution is -0.155. The summed E-state index contributed by atoms with van der Waals surface area (Å²) in [7, 11) is 6.18. The Bertz CT molecular complexity index is 1370. The van der Waals surface area contributed by atoms with Crippen LogP contribution in [-0.4, -0.2) is 93.2 Å². The summed E-state index contributed by atoms with van der Waals surface area (Å²) in [6, 6.07) is 2.99. The molecule has 12 nitrogen and oxygen atoms in total. The van der Waals surface area contributed by atoms with Crippen LogP contribution in [0.4, 0.5) is 10.5 Å². The van der Waals surface area contributed by atoms with Gasteiger partial charge in [0.25, 0.3) is 0 Å². The zero-order chi connectivity index (χ0) is 33.3. The largest absolute Gasteiger partial charge is 0.495 e. The number of likely N-dealkylation sites (N-methyl/N-ethyl adjacent to an activating group) is 1. The summed E-state index contributed by atoms with van der Waals surface area (Å²) in [6.45, 7) is 7.17. The number of halogens is 1. The van der Waals surface area contributed by atoms with Gasteiger partial charge in [-0.1, -0.05) is 42.3 Å². The number of amides is 2. The first-order valence-corrected chi connectivity index (χ1v) is 15.3. The number of hydrogen-bond acceptors (Lipinski definition) is 10. The number of ether oxygens (including phenoxy) is 5. The number of rotatable bonds is 5. The zero-order valence-electron chi connectivity index (χ0n) is 27.0. The van der Waals surface area contributed by atoms with Gasteiger partial charge >= 0.3 is 12.1 Å². The van der Waals surface area contributed by atoms with Crippen molar-refractivity contribution in [2.45, 2.75) is 88.7 Å². The van der Waals surface area contributed by atoms with Crippen LogP contribution in [0.2, 0.25) is 5.02 Å². The van der Waals surface area contributed by atoms with Crippen molar-refractivity contribution in [3.05, 3.63) is 46.5 Å². The van der Waals surface area contributed by atoms with Crippen molar-refractivity contribution in [3.63, 3.8) is 0 Å². The summed E-state index contributed by atoms with van der Waals surface area (Å²) in [4.78, 5) is 40.9. The smallest absolute Gasteiger partial charge is 0.409 e. The van der Waals surface area contributed by atoms with Crippen molar-refractivity contribution in [1.82, 2.24) is 10.6 Å². The first-order chi connectivity index (χ1) is 21.2. The fourth-order valence-electron chi connectivity index (χ4n) is 5.97. The van der Waals surface area contributed by atoms with E-state index in [-0.39, 0.29) is 23.8 Å². The number of alkyl carbamates (subject to hydrolysis) is 1. The molecule has 0 spiro atoms. The van der Waals surface area contributed by atoms with Crippen molar-refractivity contribution >= 4 is 35.3 Å². The molecule has 0 aliphatic carbocycles. The Morgan fingerprint density at radius 2 is 2.00 bits per heavy atom. The maximum atomic E-state index is 13.8. The van der Waals surface area contributed by atoms with Crippen molar-refractivity contribution in [2.75, 3.05) is 33.2 Å². The van der Waals surface area contributed by atoms with E-state index in [2.05, 4.69) is 10.6 Å². The average molecular weight is 650 g/mol. The van der Waals surface area contributed by atoms with Crippen molar-refractivity contribution in [1.29, 1.82) is 0 Å². The van der Waals surface area contributed by atoms with Crippen LogP contribution in [0.3, 0.4) is 0 Å². The Labute approximate surface area is 269 Å². The molecule has 3 heterocycles. The second-order valence-corrected chi connectivity index (χ2v) is 12.6. The molecule has 1 aromatic rings. The van der Waals surface area contributed by atoms with Gasteiger partial charge in [-0.25, -0.2) is 4.79 Å². The minimum atomic E-state index is -1.78. The molecule has 2 amide bonds. The molecule has 2 fully saturated rings. The van der Waals surface area contributed by atoms with Gasteiger partial charge in [-0.3, -0.25) is 14.9 Å². The molecule has 4 bridgehead atoms. The number of benzene rings is 1. The number of carbonyl (C=O) groups excluding carboxylic acids is 3. The Kier molecular flexibility index (Phi) is 10.6. The summed E-state index contributed by atoms with van der Waals surface area (Å²) < 4.78 is 28.8. The lowest BCUT2D eigenvalue weighted by Crippen LogP contribution is -2.63. The fourth-order valence-corrected chi connectivity index (χ4v) is 6.28. The molecule has 0 saturated carbocycles. The number of fused-ring (bicyclic) bond motifs is 5. The molecule has 248 valence electrons. The highest BCUT2D eigenvalue weighted by molar-refractivity contribution is 6.35. The second-order valence-electron chi connectivity index (χ2n) is 12.2. The molecule has 3 aliphatic heterocycles. The lowest BCUT2D eigenvalue weighted by Gasteiger charge is -2.42. The summed E-state index contributed by atoms with van der Waals surface area (Å²) >= 11 is 6.69. The third kappa shape index (κ3) is 7.30. The molecule has 3 N–H and O–H groups in total. The molecule has 3 aliphatic rings. The zero-order valence-corrected chi connectivity index (χ0v) is 27.8. The summed E-state index contributed by atoms with van der Waals surface area (Å²) in [5.41, 5.74) is -0.646. The number of anilines is 1. The predicted octanol–water partition coefficient (Wildman–Crippen LogP) is 3.28. The van der Waals surface area contributed by atoms with E-state index in [1.54, 1.807) is 46.2 Å². The Morgan fingerprint density at radius 1 is 1.29 bits per heavy atom. The summed E-state index contributed by atoms with van der Waals surface area (Å²) in [5, 5.41) is 17.2. The van der Waals surface area contributed by atoms with Gasteiger partial charge in [0, 0.05) is 26.5 Å². The van der Waals surface area contributed by atoms with Crippen LogP contribution in [0.1, 0.15) is 46.1 Å². The van der Waals surface area contributed by atoms with Gasteiger partial charge in [-0.15, -0.1) is 0 Å². The van der Waals surface area contributed by atoms with Crippen LogP contribution >= 0.6 is 11.6 Å². The molecule has 2 saturated heterocycles. The van der Waals surface area contributed by atoms with Gasteiger partial charge in [0.2, 0.25) is 5.91 Å². The quantitative estimate of drug-likeness (QED) is 0.321. The predicted molar refractivity (Wildman–Crippen MR) is 167 cm³/mol. The lowest BCUT2D eigenvalue weighted by atomic mass is 9.83. The third-order valence-electron chi connectivity index (χ3n) is 9.00. The third-order valence-corrected chi connectivity index (χ3v) is 9.38. The number of aliphatic hydroxyl groups is 1. The first kappa shape index (κ1) is 34.7. The van der Waals surface area contributed by atoms with E-state index in [0.717, 1.165) is 11.1 Å². The molecule has 45 heavy (non-hydrogen) atoms. The number of esters is 1. The topological polar surface area (TPSA) is 148 Å². The average Bonchev–Trinajstić information content (AvgIpc) is 3.69. The second kappa shape index (κ2) is 13.7. The molecular weight excluding hydrogens is 606 g/mol. The number of methoxy groups -OCH3 is 2. The van der Waals surface area contributed by atoms with Gasteiger partial charge < -0.3 is 39.0 Å². The normalized spacial score (nSPS) is 34.8. The Morgan fingerprint density at radius 3 is 2.64 bits per heavy atom. The van der Waals surface area contributed by atoms with Crippen LogP contribution in [0.15, 0.2) is 35.9 Å². The number of epoxide rings is 1. The number of allylic oxidation sites excluding steroid dienone is 3. The fraction of sp³-hybridized carbons (Fsp3) is 0.594. The standard InChI is InChI=1S/C32H44ClN3O9/c1-17-10-9-11-24(42-8)32(40)16-23(43-30(39)35-32)18(2)28-31(4,45-28)25(44-29(38)19(3)34-5)15-26(37)36(6)21-13-20(12-17)14-22(41-7)27(21)33/h9-11,13-14,18-19,23-25,28,34,40H,12,15-16H2,1-8H3,(H,35,39)/b11-9+,17-10-/t18-,19-,23-,24+,25+,28+,31-,32-/m0/s1. The van der Waals surface area contributed by atoms with Crippen molar-refractivity contribution in [2.24, 2.45) is 5.92 Å². The number of nitrogens with one attached hydrogen (secondary N) is 2. The first-order valence-electron chi connectivity index (χ1n) is 14.9. The molecule has 0 unspecified atom stereocenters. The minimum absolute atomic E-state index is 0.00553. The maximum absolute atomic E-state index is 13.8. The molecule has 1 aromatic carbocycles. The van der Waals surface area contributed by atoms with Crippen LogP contribution in [-0.2, 0) is 35.0 Å². The van der Waals surface area contributed by atoms with Gasteiger partial charge in [0.1, 0.15) is 40.7 Å². The van der Waals surface area contributed by atoms with Crippen LogP contribution in [0.5, 0.6) is 5.75 Å². The highest BCUT2D eigenvalue weighted by atomic mass is 35.5. The van der Waals surface area contributed by atoms with E-state index in [1.807, 2.05) is 26.0 Å². The molecule has 8 atom stereocenters. The van der Waals surface area contributed by atoms with Gasteiger partial charge in [0.15, 0.2) is 5.72 Å². The molecule has 13 heteroatoms. The SMILES string of the molecule is CN[C@@H](C)C(=O)O[C@@H]1CC(=O)N(C)c2cc(cc(OC)c2Cl)C/C(C)=C\C=C\[C@@H](OC)[C@@]2(O)C[C@H](OC(=O)N2)[C@H](C)[C@H]2O[C@]21C. The number of hydrogen-bond donors (Lipinski definition) is 3. The monoisotopic (exact) mass is 649 g/mol. The Hall–Kier alpha value is -3.16. The van der Waals surface area contributed by atoms with Crippen molar-refractivity contribution in [3.8, 4) is 5.75 Å².